The third-order valence-corrected chi connectivity index (χ3v) is 3.22. The van der Waals surface area contributed by atoms with Crippen molar-refractivity contribution in [3.63, 3.8) is 0 Å². The first-order chi connectivity index (χ1) is 8.61. The number of benzene rings is 1. The molecule has 1 N–H and O–H groups in total. The molecule has 0 radical (unpaired) electrons. The Morgan fingerprint density at radius 3 is 2.72 bits per heavy atom. The minimum atomic E-state index is -0.128. The van der Waals surface area contributed by atoms with Crippen molar-refractivity contribution in [3.8, 4) is 11.5 Å². The monoisotopic (exact) mass is 314 g/mol. The molecule has 100 valence electrons. The maximum atomic E-state index is 11.4. The molecule has 0 saturated heterocycles. The molecule has 0 aliphatic rings. The number of halogens is 1. The van der Waals surface area contributed by atoms with Gasteiger partial charge in [-0.1, -0.05) is 29.3 Å². The highest BCUT2D eigenvalue weighted by Crippen LogP contribution is 2.33. The van der Waals surface area contributed by atoms with Gasteiger partial charge in [-0.05, 0) is 31.9 Å². The maximum absolute atomic E-state index is 11.4. The number of ether oxygens (including phenoxy) is 1. The Balaban J connectivity index is 3.02. The molecule has 0 heterocycles. The van der Waals surface area contributed by atoms with Crippen LogP contribution < -0.4 is 4.74 Å². The van der Waals surface area contributed by atoms with Gasteiger partial charge in [0.15, 0.2) is 5.78 Å². The quantitative estimate of drug-likeness (QED) is 0.474. The van der Waals surface area contributed by atoms with Gasteiger partial charge >= 0.3 is 0 Å². The van der Waals surface area contributed by atoms with Crippen LogP contribution >= 0.6 is 15.9 Å². The van der Waals surface area contributed by atoms with Crippen LogP contribution in [0.15, 0.2) is 12.1 Å². The number of carbonyl (C=O) groups is 1. The Bertz CT molecular complexity index is 416. The van der Waals surface area contributed by atoms with E-state index < -0.39 is 0 Å². The Kier molecular flexibility index (Phi) is 6.19. The van der Waals surface area contributed by atoms with Crippen molar-refractivity contribution in [1.82, 2.24) is 0 Å². The van der Waals surface area contributed by atoms with E-state index in [0.29, 0.717) is 24.3 Å². The predicted octanol–water partition coefficient (Wildman–Crippen LogP) is 3.71. The average Bonchev–Trinajstić information content (AvgIpc) is 2.33. The van der Waals surface area contributed by atoms with E-state index in [1.165, 1.54) is 6.92 Å². The van der Waals surface area contributed by atoms with Crippen molar-refractivity contribution in [3.05, 3.63) is 23.3 Å². The van der Waals surface area contributed by atoms with Crippen molar-refractivity contribution in [2.75, 3.05) is 11.9 Å². The van der Waals surface area contributed by atoms with Crippen LogP contribution in [0, 0.1) is 0 Å². The SMILES string of the molecule is CCCc1c(OCCCBr)ccc(C(C)=O)c1O. The van der Waals surface area contributed by atoms with Crippen LogP contribution in [-0.2, 0) is 6.42 Å². The molecule has 0 amide bonds. The van der Waals surface area contributed by atoms with Gasteiger partial charge in [-0.2, -0.15) is 0 Å². The van der Waals surface area contributed by atoms with Crippen LogP contribution in [0.25, 0.3) is 0 Å². The molecule has 0 saturated carbocycles. The summed E-state index contributed by atoms with van der Waals surface area (Å²) >= 11 is 3.34. The molecule has 0 atom stereocenters. The number of carbonyl (C=O) groups excluding carboxylic acids is 1. The highest BCUT2D eigenvalue weighted by molar-refractivity contribution is 9.09. The highest BCUT2D eigenvalue weighted by atomic mass is 79.9. The fraction of sp³-hybridized carbons (Fsp3) is 0.500. The topological polar surface area (TPSA) is 46.5 Å². The normalized spacial score (nSPS) is 10.4. The van der Waals surface area contributed by atoms with Crippen molar-refractivity contribution in [2.45, 2.75) is 33.1 Å². The van der Waals surface area contributed by atoms with E-state index in [4.69, 9.17) is 4.74 Å². The fourth-order valence-electron chi connectivity index (χ4n) is 1.77. The van der Waals surface area contributed by atoms with Gasteiger partial charge < -0.3 is 9.84 Å². The van der Waals surface area contributed by atoms with E-state index in [1.54, 1.807) is 12.1 Å². The lowest BCUT2D eigenvalue weighted by Gasteiger charge is -2.14. The third-order valence-electron chi connectivity index (χ3n) is 2.65. The zero-order chi connectivity index (χ0) is 13.5. The number of alkyl halides is 1. The summed E-state index contributed by atoms with van der Waals surface area (Å²) in [6.45, 7) is 4.08. The molecular weight excluding hydrogens is 296 g/mol. The molecule has 0 spiro atoms. The first-order valence-electron chi connectivity index (χ1n) is 6.16. The van der Waals surface area contributed by atoms with E-state index in [-0.39, 0.29) is 11.5 Å². The van der Waals surface area contributed by atoms with Crippen molar-refractivity contribution in [2.24, 2.45) is 0 Å². The van der Waals surface area contributed by atoms with Crippen LogP contribution in [0.3, 0.4) is 0 Å². The zero-order valence-corrected chi connectivity index (χ0v) is 12.4. The van der Waals surface area contributed by atoms with Gasteiger partial charge in [0.1, 0.15) is 11.5 Å². The highest BCUT2D eigenvalue weighted by Gasteiger charge is 2.15. The molecule has 0 aliphatic carbocycles. The van der Waals surface area contributed by atoms with Gasteiger partial charge in [0, 0.05) is 10.9 Å². The summed E-state index contributed by atoms with van der Waals surface area (Å²) in [6, 6.07) is 3.40. The fourth-order valence-corrected chi connectivity index (χ4v) is 1.99. The molecule has 1 rings (SSSR count). The van der Waals surface area contributed by atoms with Gasteiger partial charge in [-0.15, -0.1) is 0 Å². The number of aromatic hydroxyl groups is 1. The largest absolute Gasteiger partial charge is 0.507 e. The van der Waals surface area contributed by atoms with Crippen LogP contribution in [-0.4, -0.2) is 22.8 Å². The van der Waals surface area contributed by atoms with Crippen LogP contribution in [0.5, 0.6) is 11.5 Å². The zero-order valence-electron chi connectivity index (χ0n) is 10.8. The number of hydrogen-bond acceptors (Lipinski definition) is 3. The minimum Gasteiger partial charge on any atom is -0.507 e. The number of phenolic OH excluding ortho intramolecular Hbond substituents is 1. The lowest BCUT2D eigenvalue weighted by Crippen LogP contribution is -2.03. The van der Waals surface area contributed by atoms with Gasteiger partial charge in [0.05, 0.1) is 12.2 Å². The Hall–Kier alpha value is -1.03. The summed E-state index contributed by atoms with van der Waals surface area (Å²) in [5, 5.41) is 11.0. The van der Waals surface area contributed by atoms with Crippen LogP contribution in [0.2, 0.25) is 0 Å². The van der Waals surface area contributed by atoms with E-state index in [0.717, 1.165) is 23.7 Å². The molecule has 0 bridgehead atoms. The number of Topliss-reactive ketones (excluding diaryl/α,β-unsaturated/α-hetero) is 1. The Labute approximate surface area is 116 Å². The van der Waals surface area contributed by atoms with Gasteiger partial charge in [-0.3, -0.25) is 4.79 Å². The van der Waals surface area contributed by atoms with Crippen molar-refractivity contribution >= 4 is 21.7 Å². The van der Waals surface area contributed by atoms with E-state index in [2.05, 4.69) is 15.9 Å². The number of ketones is 1. The standard InChI is InChI=1S/C14H19BrO3/c1-3-5-12-13(18-9-4-8-15)7-6-11(10(2)16)14(12)17/h6-7,17H,3-5,8-9H2,1-2H3. The molecule has 3 nitrogen and oxygen atoms in total. The average molecular weight is 315 g/mol. The second kappa shape index (κ2) is 7.41. The maximum Gasteiger partial charge on any atom is 0.163 e. The summed E-state index contributed by atoms with van der Waals surface area (Å²) in [4.78, 5) is 11.4. The van der Waals surface area contributed by atoms with Gasteiger partial charge in [-0.25, -0.2) is 0 Å². The molecule has 0 unspecified atom stereocenters. The second-order valence-electron chi connectivity index (χ2n) is 4.14. The van der Waals surface area contributed by atoms with Crippen LogP contribution in [0.1, 0.15) is 42.6 Å². The molecular formula is C14H19BrO3. The second-order valence-corrected chi connectivity index (χ2v) is 4.93. The lowest BCUT2D eigenvalue weighted by molar-refractivity contribution is 0.101. The summed E-state index contributed by atoms with van der Waals surface area (Å²) in [5.41, 5.74) is 1.10. The first-order valence-corrected chi connectivity index (χ1v) is 7.28. The van der Waals surface area contributed by atoms with Gasteiger partial charge in [0.25, 0.3) is 0 Å². The molecule has 18 heavy (non-hydrogen) atoms. The number of phenols is 1. The molecule has 4 heteroatoms. The predicted molar refractivity (Wildman–Crippen MR) is 76.0 cm³/mol. The smallest absolute Gasteiger partial charge is 0.163 e. The first kappa shape index (κ1) is 15.0. The van der Waals surface area contributed by atoms with E-state index >= 15 is 0 Å². The summed E-state index contributed by atoms with van der Waals surface area (Å²) < 4.78 is 5.64. The summed E-state index contributed by atoms with van der Waals surface area (Å²) in [6.07, 6.45) is 2.50. The summed E-state index contributed by atoms with van der Waals surface area (Å²) in [7, 11) is 0. The molecule has 1 aromatic rings. The van der Waals surface area contributed by atoms with E-state index in [1.807, 2.05) is 6.92 Å². The minimum absolute atomic E-state index is 0.0701. The summed E-state index contributed by atoms with van der Waals surface area (Å²) in [5.74, 6) is 0.623. The Morgan fingerprint density at radius 1 is 1.44 bits per heavy atom. The van der Waals surface area contributed by atoms with Crippen molar-refractivity contribution in [1.29, 1.82) is 0 Å². The molecule has 0 aromatic heterocycles. The number of hydrogen-bond donors (Lipinski definition) is 1. The number of rotatable bonds is 7. The van der Waals surface area contributed by atoms with E-state index in [9.17, 15) is 9.90 Å². The molecule has 1 aromatic carbocycles. The van der Waals surface area contributed by atoms with Crippen LogP contribution in [0.4, 0.5) is 0 Å². The van der Waals surface area contributed by atoms with Gasteiger partial charge in [0.2, 0.25) is 0 Å². The molecule has 0 fully saturated rings. The lowest BCUT2D eigenvalue weighted by atomic mass is 10.0. The van der Waals surface area contributed by atoms with Crippen molar-refractivity contribution < 1.29 is 14.6 Å². The molecule has 0 aliphatic heterocycles. The third kappa shape index (κ3) is 3.73. The Morgan fingerprint density at radius 2 is 2.17 bits per heavy atom.